The molecule has 0 amide bonds. The molecular formula is C14H28S12. The van der Waals surface area contributed by atoms with Crippen LogP contribution < -0.4 is 0 Å². The summed E-state index contributed by atoms with van der Waals surface area (Å²) in [6, 6.07) is 0. The molecule has 0 radical (unpaired) electrons. The van der Waals surface area contributed by atoms with Crippen LogP contribution in [-0.2, 0) is 0 Å². The first-order chi connectivity index (χ1) is 12.5. The van der Waals surface area contributed by atoms with Crippen LogP contribution in [0.1, 0.15) is 6.42 Å². The molecule has 0 bridgehead atoms. The molecular weight excluding hydrogens is 553 g/mol. The van der Waals surface area contributed by atoms with E-state index in [2.05, 4.69) is 63.1 Å². The molecule has 0 aromatic carbocycles. The largest absolute Gasteiger partial charge is 0.178 e. The molecule has 0 spiro atoms. The van der Waals surface area contributed by atoms with E-state index in [-0.39, 0.29) is 5.25 Å². The predicted molar refractivity (Wildman–Crippen MR) is 161 cm³/mol. The summed E-state index contributed by atoms with van der Waals surface area (Å²) >= 11 is 37.8. The minimum atomic E-state index is 0.238. The first kappa shape index (κ1) is 28.2. The zero-order chi connectivity index (χ0) is 19.5. The van der Waals surface area contributed by atoms with Crippen LogP contribution >= 0.6 is 145 Å². The van der Waals surface area contributed by atoms with E-state index < -0.39 is 0 Å². The molecule has 0 aromatic rings. The number of thioether (sulfide) groups is 3. The van der Waals surface area contributed by atoms with Crippen molar-refractivity contribution in [2.75, 3.05) is 32.5 Å². The highest BCUT2D eigenvalue weighted by Gasteiger charge is 2.36. The number of thiol groups is 7. The van der Waals surface area contributed by atoms with Crippen molar-refractivity contribution in [3.8, 4) is 0 Å². The second-order valence-corrected chi connectivity index (χ2v) is 16.5. The maximum absolute atomic E-state index is 4.92. The summed E-state index contributed by atoms with van der Waals surface area (Å²) in [5.41, 5.74) is 0. The van der Waals surface area contributed by atoms with E-state index in [4.69, 9.17) is 25.3 Å². The highest BCUT2D eigenvalue weighted by Crippen LogP contribution is 2.41. The second kappa shape index (κ2) is 16.8. The van der Waals surface area contributed by atoms with Gasteiger partial charge >= 0.3 is 0 Å². The van der Waals surface area contributed by atoms with Crippen molar-refractivity contribution in [1.82, 2.24) is 0 Å². The van der Waals surface area contributed by atoms with Gasteiger partial charge in [0.05, 0.1) is 0 Å². The quantitative estimate of drug-likeness (QED) is 0.0533. The summed E-state index contributed by atoms with van der Waals surface area (Å²) in [7, 11) is 3.85. The van der Waals surface area contributed by atoms with E-state index >= 15 is 0 Å². The van der Waals surface area contributed by atoms with E-state index in [0.717, 1.165) is 33.2 Å². The van der Waals surface area contributed by atoms with E-state index in [0.29, 0.717) is 32.2 Å². The van der Waals surface area contributed by atoms with Crippen molar-refractivity contribution < 1.29 is 0 Å². The Bertz CT molecular complexity index is 351. The fourth-order valence-corrected chi connectivity index (χ4v) is 13.6. The van der Waals surface area contributed by atoms with Crippen LogP contribution in [0.3, 0.4) is 0 Å². The normalized spacial score (nSPS) is 27.6. The second-order valence-electron chi connectivity index (χ2n) is 5.76. The summed E-state index contributed by atoms with van der Waals surface area (Å²) in [6.45, 7) is 0. The monoisotopic (exact) mass is 580 g/mol. The maximum Gasteiger partial charge on any atom is 0.0496 e. The number of hydrogen-bond donors (Lipinski definition) is 7. The van der Waals surface area contributed by atoms with Crippen LogP contribution in [0.4, 0.5) is 0 Å². The average molecular weight is 581 g/mol. The Morgan fingerprint density at radius 3 is 1.92 bits per heavy atom. The molecule has 0 saturated heterocycles. The molecule has 1 aliphatic rings. The van der Waals surface area contributed by atoms with E-state index in [1.807, 2.05) is 56.9 Å². The molecule has 1 rings (SSSR count). The van der Waals surface area contributed by atoms with E-state index in [1.54, 1.807) is 0 Å². The zero-order valence-corrected chi connectivity index (χ0v) is 24.5. The van der Waals surface area contributed by atoms with E-state index in [9.17, 15) is 0 Å². The van der Waals surface area contributed by atoms with Gasteiger partial charge in [-0.2, -0.15) is 88.4 Å². The van der Waals surface area contributed by atoms with Gasteiger partial charge < -0.3 is 0 Å². The van der Waals surface area contributed by atoms with Crippen LogP contribution in [0.25, 0.3) is 0 Å². The molecule has 0 N–H and O–H groups in total. The van der Waals surface area contributed by atoms with Crippen molar-refractivity contribution >= 4 is 145 Å². The fourth-order valence-electron chi connectivity index (χ4n) is 2.47. The van der Waals surface area contributed by atoms with Crippen molar-refractivity contribution in [3.05, 3.63) is 0 Å². The van der Waals surface area contributed by atoms with Gasteiger partial charge in [0.2, 0.25) is 0 Å². The van der Waals surface area contributed by atoms with Crippen molar-refractivity contribution in [3.63, 3.8) is 0 Å². The van der Waals surface area contributed by atoms with E-state index in [1.165, 1.54) is 5.75 Å². The predicted octanol–water partition coefficient (Wildman–Crippen LogP) is 6.18. The summed E-state index contributed by atoms with van der Waals surface area (Å²) in [5, 5.41) is 5.10. The van der Waals surface area contributed by atoms with Gasteiger partial charge in [-0.15, -0.1) is 35.3 Å². The highest BCUT2D eigenvalue weighted by molar-refractivity contribution is 8.78. The molecule has 0 nitrogen and oxygen atoms in total. The van der Waals surface area contributed by atoms with Crippen LogP contribution in [0.15, 0.2) is 0 Å². The minimum absolute atomic E-state index is 0.238. The third kappa shape index (κ3) is 10.2. The molecule has 156 valence electrons. The van der Waals surface area contributed by atoms with Gasteiger partial charge in [-0.25, -0.2) is 0 Å². The lowest BCUT2D eigenvalue weighted by Crippen LogP contribution is -2.40. The van der Waals surface area contributed by atoms with Gasteiger partial charge in [-0.1, -0.05) is 21.6 Å². The smallest absolute Gasteiger partial charge is 0.0496 e. The Morgan fingerprint density at radius 1 is 0.846 bits per heavy atom. The Hall–Kier alpha value is 4.20. The Morgan fingerprint density at radius 2 is 1.42 bits per heavy atom. The molecule has 1 aliphatic carbocycles. The third-order valence-corrected chi connectivity index (χ3v) is 15.1. The van der Waals surface area contributed by atoms with Crippen LogP contribution in [-0.4, -0.2) is 64.0 Å². The molecule has 0 aliphatic heterocycles. The van der Waals surface area contributed by atoms with Gasteiger partial charge in [0, 0.05) is 58.3 Å². The Labute approximate surface area is 219 Å². The first-order valence-electron chi connectivity index (χ1n) is 8.06. The van der Waals surface area contributed by atoms with Gasteiger partial charge in [-0.3, -0.25) is 0 Å². The summed E-state index contributed by atoms with van der Waals surface area (Å²) in [5.74, 6) is 3.61. The molecule has 6 unspecified atom stereocenters. The lowest BCUT2D eigenvalue weighted by atomic mass is 9.85. The zero-order valence-electron chi connectivity index (χ0n) is 14.2. The maximum atomic E-state index is 4.92. The summed E-state index contributed by atoms with van der Waals surface area (Å²) in [4.78, 5) is 0. The van der Waals surface area contributed by atoms with Gasteiger partial charge in [-0.05, 0) is 18.1 Å². The standard InChI is InChI=1S/C14H28S12/c15-2-11(20)13(23-5-16)14(24-6-17)12(21)4-25-26-7-22-3-8-9(18)1-10(8)19/h8-21H,1-7H2. The SMILES string of the molecule is SCSC(C(S)CS)C(SCS)C(S)CSSCSCC1C(S)CC1S. The molecule has 12 heteroatoms. The van der Waals surface area contributed by atoms with Gasteiger partial charge in [0.25, 0.3) is 0 Å². The highest BCUT2D eigenvalue weighted by atomic mass is 33.1. The molecule has 1 fully saturated rings. The van der Waals surface area contributed by atoms with Gasteiger partial charge in [0.15, 0.2) is 0 Å². The van der Waals surface area contributed by atoms with Crippen molar-refractivity contribution in [2.24, 2.45) is 5.92 Å². The molecule has 0 aromatic heterocycles. The topological polar surface area (TPSA) is 0 Å². The molecule has 0 heterocycles. The molecule has 6 atom stereocenters. The Balaban J connectivity index is 2.31. The fraction of sp³-hybridized carbons (Fsp3) is 1.00. The van der Waals surface area contributed by atoms with Gasteiger partial charge in [0.1, 0.15) is 0 Å². The summed E-state index contributed by atoms with van der Waals surface area (Å²) in [6.07, 6.45) is 1.15. The average Bonchev–Trinajstić information content (AvgIpc) is 2.62. The Kier molecular flexibility index (Phi) is 18.2. The number of rotatable bonds is 15. The van der Waals surface area contributed by atoms with Crippen LogP contribution in [0, 0.1) is 5.92 Å². The lowest BCUT2D eigenvalue weighted by molar-refractivity contribution is 0.391. The molecule has 26 heavy (non-hydrogen) atoms. The molecule has 1 saturated carbocycles. The van der Waals surface area contributed by atoms with Crippen LogP contribution in [0.5, 0.6) is 0 Å². The summed E-state index contributed by atoms with van der Waals surface area (Å²) < 4.78 is 0. The number of hydrogen-bond acceptors (Lipinski definition) is 12. The minimum Gasteiger partial charge on any atom is -0.178 e. The van der Waals surface area contributed by atoms with Crippen LogP contribution in [0.2, 0.25) is 0 Å². The van der Waals surface area contributed by atoms with Crippen molar-refractivity contribution in [2.45, 2.75) is 37.9 Å². The first-order valence-corrected chi connectivity index (χ1v) is 17.8. The van der Waals surface area contributed by atoms with Crippen molar-refractivity contribution in [1.29, 1.82) is 0 Å². The lowest BCUT2D eigenvalue weighted by Gasteiger charge is -2.39. The third-order valence-electron chi connectivity index (χ3n) is 4.04.